The number of nitrogens with two attached hydrogens (primary N) is 1. The molecule has 17 heavy (non-hydrogen) atoms. The van der Waals surface area contributed by atoms with Crippen LogP contribution in [0.3, 0.4) is 0 Å². The van der Waals surface area contributed by atoms with Gasteiger partial charge in [0.1, 0.15) is 0 Å². The Balaban J connectivity index is 1.81. The van der Waals surface area contributed by atoms with Crippen LogP contribution in [0.1, 0.15) is 30.4 Å². The van der Waals surface area contributed by atoms with Gasteiger partial charge in [0.15, 0.2) is 0 Å². The van der Waals surface area contributed by atoms with Crippen molar-refractivity contribution in [3.63, 3.8) is 0 Å². The van der Waals surface area contributed by atoms with E-state index in [0.29, 0.717) is 5.92 Å². The van der Waals surface area contributed by atoms with E-state index in [9.17, 15) is 0 Å². The minimum absolute atomic E-state index is 0.0120. The second kappa shape index (κ2) is 4.43. The Bertz CT molecular complexity index is 398. The summed E-state index contributed by atoms with van der Waals surface area (Å²) in [4.78, 5) is 0. The molecule has 1 atom stereocenters. The second-order valence-electron chi connectivity index (χ2n) is 5.57. The standard InChI is InChI=1S/C15H21NO/c16-15(14-6-9-17-10-7-14)8-5-12-3-1-2-4-13(12)11-15/h1-4,14H,5-11,16H2. The van der Waals surface area contributed by atoms with Crippen molar-refractivity contribution in [3.8, 4) is 0 Å². The fourth-order valence-corrected chi connectivity index (χ4v) is 3.41. The lowest BCUT2D eigenvalue weighted by Gasteiger charge is -2.43. The maximum absolute atomic E-state index is 6.69. The van der Waals surface area contributed by atoms with Crippen molar-refractivity contribution in [1.29, 1.82) is 0 Å². The van der Waals surface area contributed by atoms with Crippen molar-refractivity contribution in [3.05, 3.63) is 35.4 Å². The summed E-state index contributed by atoms with van der Waals surface area (Å²) in [5.41, 5.74) is 9.67. The van der Waals surface area contributed by atoms with Crippen LogP contribution in [0.15, 0.2) is 24.3 Å². The van der Waals surface area contributed by atoms with Gasteiger partial charge in [-0.25, -0.2) is 0 Å². The zero-order valence-electron chi connectivity index (χ0n) is 10.3. The van der Waals surface area contributed by atoms with Crippen LogP contribution in [-0.2, 0) is 17.6 Å². The highest BCUT2D eigenvalue weighted by Gasteiger charge is 2.38. The average Bonchev–Trinajstić information content (AvgIpc) is 2.40. The first-order valence-corrected chi connectivity index (χ1v) is 6.71. The minimum Gasteiger partial charge on any atom is -0.381 e. The molecule has 0 saturated carbocycles. The number of ether oxygens (including phenoxy) is 1. The van der Waals surface area contributed by atoms with Crippen molar-refractivity contribution < 1.29 is 4.74 Å². The fourth-order valence-electron chi connectivity index (χ4n) is 3.41. The van der Waals surface area contributed by atoms with E-state index in [1.807, 2.05) is 0 Å². The molecule has 0 amide bonds. The number of hydrogen-bond donors (Lipinski definition) is 1. The highest BCUT2D eigenvalue weighted by molar-refractivity contribution is 5.32. The number of fused-ring (bicyclic) bond motifs is 1. The van der Waals surface area contributed by atoms with Crippen molar-refractivity contribution in [2.24, 2.45) is 11.7 Å². The van der Waals surface area contributed by atoms with Crippen LogP contribution in [0.4, 0.5) is 0 Å². The van der Waals surface area contributed by atoms with Crippen molar-refractivity contribution in [2.75, 3.05) is 13.2 Å². The molecule has 0 bridgehead atoms. The molecule has 1 aromatic carbocycles. The van der Waals surface area contributed by atoms with Gasteiger partial charge in [0.25, 0.3) is 0 Å². The predicted molar refractivity (Wildman–Crippen MR) is 68.9 cm³/mol. The number of hydrogen-bond acceptors (Lipinski definition) is 2. The van der Waals surface area contributed by atoms with Gasteiger partial charge in [0, 0.05) is 18.8 Å². The lowest BCUT2D eigenvalue weighted by atomic mass is 9.69. The molecule has 1 unspecified atom stereocenters. The molecule has 1 aliphatic carbocycles. The summed E-state index contributed by atoms with van der Waals surface area (Å²) in [6.07, 6.45) is 5.60. The minimum atomic E-state index is 0.0120. The number of benzene rings is 1. The number of rotatable bonds is 1. The van der Waals surface area contributed by atoms with E-state index >= 15 is 0 Å². The molecule has 1 aliphatic heterocycles. The van der Waals surface area contributed by atoms with E-state index in [2.05, 4.69) is 24.3 Å². The van der Waals surface area contributed by atoms with Crippen molar-refractivity contribution >= 4 is 0 Å². The Morgan fingerprint density at radius 3 is 2.59 bits per heavy atom. The van der Waals surface area contributed by atoms with E-state index < -0.39 is 0 Å². The summed E-state index contributed by atoms with van der Waals surface area (Å²) in [6, 6.07) is 8.76. The predicted octanol–water partition coefficient (Wildman–Crippen LogP) is 2.30. The van der Waals surface area contributed by atoms with Crippen LogP contribution in [0.2, 0.25) is 0 Å². The van der Waals surface area contributed by atoms with Crippen LogP contribution < -0.4 is 5.73 Å². The topological polar surface area (TPSA) is 35.2 Å². The van der Waals surface area contributed by atoms with Crippen LogP contribution in [0.5, 0.6) is 0 Å². The Labute approximate surface area is 103 Å². The average molecular weight is 231 g/mol. The molecule has 1 fully saturated rings. The van der Waals surface area contributed by atoms with Gasteiger partial charge in [0.2, 0.25) is 0 Å². The van der Waals surface area contributed by atoms with E-state index in [4.69, 9.17) is 10.5 Å². The lowest BCUT2D eigenvalue weighted by molar-refractivity contribution is 0.0345. The zero-order valence-corrected chi connectivity index (χ0v) is 10.3. The molecule has 1 saturated heterocycles. The Hall–Kier alpha value is -0.860. The summed E-state index contributed by atoms with van der Waals surface area (Å²) in [7, 11) is 0. The van der Waals surface area contributed by atoms with Crippen LogP contribution in [0.25, 0.3) is 0 Å². The maximum Gasteiger partial charge on any atom is 0.0469 e. The van der Waals surface area contributed by atoms with Gasteiger partial charge in [-0.3, -0.25) is 0 Å². The summed E-state index contributed by atoms with van der Waals surface area (Å²) in [5.74, 6) is 0.643. The quantitative estimate of drug-likeness (QED) is 0.805. The third-order valence-electron chi connectivity index (χ3n) is 4.53. The maximum atomic E-state index is 6.69. The molecular weight excluding hydrogens is 210 g/mol. The van der Waals surface area contributed by atoms with Gasteiger partial charge in [-0.2, -0.15) is 0 Å². The first-order chi connectivity index (χ1) is 8.28. The lowest BCUT2D eigenvalue weighted by Crippen LogP contribution is -2.52. The second-order valence-corrected chi connectivity index (χ2v) is 5.57. The largest absolute Gasteiger partial charge is 0.381 e. The molecule has 2 nitrogen and oxygen atoms in total. The summed E-state index contributed by atoms with van der Waals surface area (Å²) < 4.78 is 5.45. The van der Waals surface area contributed by atoms with Gasteiger partial charge < -0.3 is 10.5 Å². The SMILES string of the molecule is NC1(C2CCOCC2)CCc2ccccc2C1. The van der Waals surface area contributed by atoms with E-state index in [1.165, 1.54) is 11.1 Å². The summed E-state index contributed by atoms with van der Waals surface area (Å²) >= 11 is 0. The van der Waals surface area contributed by atoms with Gasteiger partial charge in [-0.1, -0.05) is 24.3 Å². The third kappa shape index (κ3) is 2.12. The van der Waals surface area contributed by atoms with Gasteiger partial charge in [-0.15, -0.1) is 0 Å². The monoisotopic (exact) mass is 231 g/mol. The molecule has 0 spiro atoms. The van der Waals surface area contributed by atoms with E-state index in [1.54, 1.807) is 0 Å². The van der Waals surface area contributed by atoms with E-state index in [-0.39, 0.29) is 5.54 Å². The molecule has 0 aromatic heterocycles. The number of aryl methyl sites for hydroxylation is 1. The highest BCUT2D eigenvalue weighted by Crippen LogP contribution is 2.36. The molecule has 92 valence electrons. The molecule has 3 rings (SSSR count). The molecule has 1 aromatic rings. The van der Waals surface area contributed by atoms with E-state index in [0.717, 1.165) is 45.3 Å². The fraction of sp³-hybridized carbons (Fsp3) is 0.600. The van der Waals surface area contributed by atoms with Crippen LogP contribution in [-0.4, -0.2) is 18.8 Å². The zero-order chi connectivity index (χ0) is 11.7. The summed E-state index contributed by atoms with van der Waals surface area (Å²) in [6.45, 7) is 1.79. The Morgan fingerprint density at radius 1 is 1.12 bits per heavy atom. The molecule has 0 radical (unpaired) electrons. The smallest absolute Gasteiger partial charge is 0.0469 e. The first kappa shape index (κ1) is 11.2. The first-order valence-electron chi connectivity index (χ1n) is 6.71. The van der Waals surface area contributed by atoms with Gasteiger partial charge in [-0.05, 0) is 49.1 Å². The molecular formula is C15H21NO. The van der Waals surface area contributed by atoms with Crippen LogP contribution in [0, 0.1) is 5.92 Å². The van der Waals surface area contributed by atoms with Crippen molar-refractivity contribution in [2.45, 2.75) is 37.6 Å². The third-order valence-corrected chi connectivity index (χ3v) is 4.53. The normalized spacial score (nSPS) is 29.9. The van der Waals surface area contributed by atoms with Crippen LogP contribution >= 0.6 is 0 Å². The van der Waals surface area contributed by atoms with Crippen molar-refractivity contribution in [1.82, 2.24) is 0 Å². The molecule has 2 N–H and O–H groups in total. The van der Waals surface area contributed by atoms with Gasteiger partial charge in [0.05, 0.1) is 0 Å². The van der Waals surface area contributed by atoms with Gasteiger partial charge >= 0.3 is 0 Å². The molecule has 1 heterocycles. The molecule has 2 aliphatic rings. The molecule has 2 heteroatoms. The Kier molecular flexibility index (Phi) is 2.93. The summed E-state index contributed by atoms with van der Waals surface area (Å²) in [5, 5.41) is 0. The Morgan fingerprint density at radius 2 is 1.82 bits per heavy atom. The highest BCUT2D eigenvalue weighted by atomic mass is 16.5.